The summed E-state index contributed by atoms with van der Waals surface area (Å²) in [6.07, 6.45) is 0.0280. The van der Waals surface area contributed by atoms with E-state index in [4.69, 9.17) is 21.1 Å². The first-order valence-corrected chi connectivity index (χ1v) is 17.5. The fraction of sp³-hybridized carbons (Fsp3) is 0.471. The van der Waals surface area contributed by atoms with Crippen LogP contribution in [0.4, 0.5) is 18.9 Å². The minimum Gasteiger partial charge on any atom is -0.504 e. The molecule has 6 heterocycles. The molecule has 52 heavy (non-hydrogen) atoms. The third-order valence-electron chi connectivity index (χ3n) is 9.72. The molecule has 0 unspecified atom stereocenters. The number of ether oxygens (including phenoxy) is 2. The maximum Gasteiger partial charge on any atom is 0.416 e. The van der Waals surface area contributed by atoms with Gasteiger partial charge in [-0.15, -0.1) is 5.10 Å². The van der Waals surface area contributed by atoms with Crippen molar-refractivity contribution in [1.29, 1.82) is 0 Å². The van der Waals surface area contributed by atoms with Gasteiger partial charge in [-0.2, -0.15) is 27.8 Å². The number of rotatable bonds is 6. The number of likely N-dealkylation sites (tertiary alicyclic amines) is 1. The summed E-state index contributed by atoms with van der Waals surface area (Å²) in [4.78, 5) is 47.3. The third kappa shape index (κ3) is 6.34. The molecule has 2 amide bonds. The fourth-order valence-electron chi connectivity index (χ4n) is 6.91. The standard InChI is InChI=1S/C32H30ClF3N8O6.C2H6/c33-19-13-18(32(34,35)36)3-4-20(19)37-22(45)14-43-21-15-50-31(23(21)28(47)44-30(43)38-27(41-44)17-5-11-49-12-6-17)7-9-42(10-8-31)29(48)25-26(46)24(39-40-25)16-1-2-16;1-2/h3-5,13,16,46H,1-2,6-12,14-15H2,(H,37,45)(H,39,40);1-2H3. The average molecular weight is 745 g/mol. The van der Waals surface area contributed by atoms with E-state index < -0.39 is 41.3 Å². The Bertz CT molecular complexity index is 2150. The lowest BCUT2D eigenvalue weighted by Crippen LogP contribution is -2.47. The zero-order chi connectivity index (χ0) is 36.9. The first kappa shape index (κ1) is 35.7. The van der Waals surface area contributed by atoms with Crippen molar-refractivity contribution >= 4 is 40.5 Å². The maximum absolute atomic E-state index is 14.2. The highest BCUT2D eigenvalue weighted by atomic mass is 35.5. The van der Waals surface area contributed by atoms with Gasteiger partial charge < -0.3 is 29.4 Å². The van der Waals surface area contributed by atoms with Gasteiger partial charge in [0.25, 0.3) is 11.5 Å². The van der Waals surface area contributed by atoms with Gasteiger partial charge in [0.1, 0.15) is 17.8 Å². The van der Waals surface area contributed by atoms with Crippen LogP contribution in [0.3, 0.4) is 0 Å². The quantitative estimate of drug-likeness (QED) is 0.246. The Hall–Kier alpha value is -4.74. The monoisotopic (exact) mass is 744 g/mol. The Balaban J connectivity index is 0.00000207. The summed E-state index contributed by atoms with van der Waals surface area (Å²) < 4.78 is 54.0. The molecule has 2 fully saturated rings. The summed E-state index contributed by atoms with van der Waals surface area (Å²) in [6, 6.07) is 2.62. The Morgan fingerprint density at radius 1 is 1.19 bits per heavy atom. The predicted octanol–water partition coefficient (Wildman–Crippen LogP) is 5.00. The smallest absolute Gasteiger partial charge is 0.416 e. The second-order valence-corrected chi connectivity index (χ2v) is 13.2. The van der Waals surface area contributed by atoms with Crippen LogP contribution in [0.25, 0.3) is 11.4 Å². The molecule has 3 aliphatic heterocycles. The van der Waals surface area contributed by atoms with E-state index in [-0.39, 0.29) is 72.0 Å². The number of nitrogens with zero attached hydrogens (tertiary/aromatic N) is 6. The summed E-state index contributed by atoms with van der Waals surface area (Å²) in [5.74, 6) is -0.655. The number of benzene rings is 1. The first-order valence-electron chi connectivity index (χ1n) is 17.1. The van der Waals surface area contributed by atoms with Crippen molar-refractivity contribution in [2.45, 2.75) is 76.8 Å². The number of anilines is 1. The molecule has 3 aromatic heterocycles. The molecule has 14 nitrogen and oxygen atoms in total. The molecular weight excluding hydrogens is 709 g/mol. The average Bonchev–Trinajstić information content (AvgIpc) is 3.58. The molecule has 4 aromatic rings. The number of piperidine rings is 1. The van der Waals surface area contributed by atoms with E-state index in [1.807, 2.05) is 19.9 Å². The van der Waals surface area contributed by atoms with E-state index in [2.05, 4.69) is 25.6 Å². The van der Waals surface area contributed by atoms with Gasteiger partial charge in [-0.3, -0.25) is 19.5 Å². The molecule has 0 bridgehead atoms. The molecular formula is C34H36ClF3N8O6. The second-order valence-electron chi connectivity index (χ2n) is 12.8. The lowest BCUT2D eigenvalue weighted by atomic mass is 9.85. The van der Waals surface area contributed by atoms with E-state index in [1.165, 1.54) is 4.57 Å². The van der Waals surface area contributed by atoms with Crippen molar-refractivity contribution in [3.8, 4) is 5.75 Å². The summed E-state index contributed by atoms with van der Waals surface area (Å²) >= 11 is 6.11. The van der Waals surface area contributed by atoms with Crippen molar-refractivity contribution in [2.75, 3.05) is 31.6 Å². The number of carbonyl (C=O) groups is 2. The largest absolute Gasteiger partial charge is 0.504 e. The molecule has 18 heteroatoms. The topological polar surface area (TPSA) is 169 Å². The van der Waals surface area contributed by atoms with E-state index >= 15 is 0 Å². The summed E-state index contributed by atoms with van der Waals surface area (Å²) in [5.41, 5.74) is -0.580. The van der Waals surface area contributed by atoms with Crippen molar-refractivity contribution in [3.63, 3.8) is 0 Å². The van der Waals surface area contributed by atoms with Crippen LogP contribution in [0.5, 0.6) is 5.75 Å². The number of halogens is 4. The summed E-state index contributed by atoms with van der Waals surface area (Å²) in [7, 11) is 0. The van der Waals surface area contributed by atoms with Gasteiger partial charge in [0.2, 0.25) is 11.7 Å². The molecule has 0 atom stereocenters. The number of carbonyl (C=O) groups excluding carboxylic acids is 2. The Morgan fingerprint density at radius 2 is 1.94 bits per heavy atom. The van der Waals surface area contributed by atoms with E-state index in [1.54, 1.807) is 4.90 Å². The summed E-state index contributed by atoms with van der Waals surface area (Å²) in [6.45, 7) is 4.77. The van der Waals surface area contributed by atoms with Crippen molar-refractivity contribution in [2.24, 2.45) is 0 Å². The van der Waals surface area contributed by atoms with Crippen molar-refractivity contribution < 1.29 is 37.3 Å². The Labute approximate surface area is 299 Å². The van der Waals surface area contributed by atoms with Gasteiger partial charge in [0.15, 0.2) is 17.3 Å². The van der Waals surface area contributed by atoms with Crippen LogP contribution in [-0.2, 0) is 39.2 Å². The number of hydrogen-bond donors (Lipinski definition) is 3. The van der Waals surface area contributed by atoms with E-state index in [0.29, 0.717) is 36.8 Å². The zero-order valence-corrected chi connectivity index (χ0v) is 29.1. The number of aromatic nitrogens is 6. The van der Waals surface area contributed by atoms with Crippen LogP contribution in [0.1, 0.15) is 90.7 Å². The van der Waals surface area contributed by atoms with Crippen LogP contribution in [-0.4, -0.2) is 77.5 Å². The predicted molar refractivity (Wildman–Crippen MR) is 181 cm³/mol. The van der Waals surface area contributed by atoms with Gasteiger partial charge in [0.05, 0.1) is 47.4 Å². The highest BCUT2D eigenvalue weighted by Crippen LogP contribution is 2.45. The molecule has 8 rings (SSSR count). The van der Waals surface area contributed by atoms with E-state index in [9.17, 15) is 32.7 Å². The van der Waals surface area contributed by atoms with Crippen LogP contribution in [0, 0.1) is 0 Å². The van der Waals surface area contributed by atoms with Crippen LogP contribution < -0.4 is 10.9 Å². The second kappa shape index (κ2) is 13.7. The van der Waals surface area contributed by atoms with Crippen LogP contribution in [0.15, 0.2) is 29.1 Å². The number of aromatic hydroxyl groups is 1. The third-order valence-corrected chi connectivity index (χ3v) is 10.0. The van der Waals surface area contributed by atoms with Gasteiger partial charge >= 0.3 is 6.18 Å². The van der Waals surface area contributed by atoms with Crippen molar-refractivity contribution in [3.05, 3.63) is 73.7 Å². The molecule has 1 aliphatic carbocycles. The first-order chi connectivity index (χ1) is 24.9. The normalized spacial score (nSPS) is 18.2. The maximum atomic E-state index is 14.2. The number of amides is 2. The fourth-order valence-corrected chi connectivity index (χ4v) is 7.14. The Morgan fingerprint density at radius 3 is 2.60 bits per heavy atom. The summed E-state index contributed by atoms with van der Waals surface area (Å²) in [5, 5.41) is 24.3. The van der Waals surface area contributed by atoms with Gasteiger partial charge in [-0.1, -0.05) is 31.5 Å². The molecule has 1 spiro atoms. The lowest BCUT2D eigenvalue weighted by molar-refractivity contribution is -0.137. The van der Waals surface area contributed by atoms with Crippen LogP contribution in [0.2, 0.25) is 5.02 Å². The number of nitrogens with one attached hydrogen (secondary N) is 2. The molecule has 276 valence electrons. The molecule has 1 saturated heterocycles. The number of aromatic amines is 1. The van der Waals surface area contributed by atoms with Gasteiger partial charge in [0, 0.05) is 19.0 Å². The highest BCUT2D eigenvalue weighted by Gasteiger charge is 2.48. The minimum absolute atomic E-state index is 0.0230. The lowest BCUT2D eigenvalue weighted by Gasteiger charge is -2.38. The Kier molecular flexibility index (Phi) is 9.37. The molecule has 0 radical (unpaired) electrons. The number of fused-ring (bicyclic) bond motifs is 3. The molecule has 4 aliphatic rings. The SMILES string of the molecule is CC.O=C(Cn1c2c(c(=O)n3nc(C4=CCOCC4)nc13)C1(CCN(C(=O)c3[nH]nc(C4CC4)c3O)CC1)OC2)Nc1ccc(C(F)(F)F)cc1Cl. The van der Waals surface area contributed by atoms with E-state index in [0.717, 1.165) is 41.1 Å². The zero-order valence-electron chi connectivity index (χ0n) is 28.3. The number of H-pyrrole nitrogens is 1. The van der Waals surface area contributed by atoms with Gasteiger partial charge in [-0.05, 0) is 55.9 Å². The molecule has 3 N–H and O–H groups in total. The minimum atomic E-state index is -4.61. The van der Waals surface area contributed by atoms with Crippen molar-refractivity contribution in [1.82, 2.24) is 34.3 Å². The van der Waals surface area contributed by atoms with Crippen LogP contribution >= 0.6 is 11.6 Å². The molecule has 1 saturated carbocycles. The number of hydrogen-bond acceptors (Lipinski definition) is 9. The molecule has 1 aromatic carbocycles. The highest BCUT2D eigenvalue weighted by molar-refractivity contribution is 6.33. The van der Waals surface area contributed by atoms with Gasteiger partial charge in [-0.25, -0.2) is 0 Å². The number of alkyl halides is 3.